The van der Waals surface area contributed by atoms with Crippen LogP contribution in [-0.4, -0.2) is 28.9 Å². The van der Waals surface area contributed by atoms with Gasteiger partial charge in [0.2, 0.25) is 0 Å². The molecule has 19 heavy (non-hydrogen) atoms. The number of phenols is 1. The number of carboxylic acids is 1. The van der Waals surface area contributed by atoms with Crippen molar-refractivity contribution in [2.75, 3.05) is 11.9 Å². The zero-order valence-corrected chi connectivity index (χ0v) is 10.8. The highest BCUT2D eigenvalue weighted by Gasteiger charge is 2.10. The fraction of sp³-hybridized carbons (Fsp3) is 0.385. The molecule has 1 aromatic rings. The van der Waals surface area contributed by atoms with E-state index in [0.717, 1.165) is 0 Å². The van der Waals surface area contributed by atoms with E-state index in [0.29, 0.717) is 5.56 Å². The van der Waals surface area contributed by atoms with Crippen molar-refractivity contribution in [2.24, 2.45) is 5.92 Å². The predicted molar refractivity (Wildman–Crippen MR) is 69.3 cm³/mol. The molecule has 0 saturated carbocycles. The van der Waals surface area contributed by atoms with Crippen LogP contribution >= 0.6 is 0 Å². The number of carboxylic acid groups (broad SMARTS) is 1. The van der Waals surface area contributed by atoms with Crippen molar-refractivity contribution in [3.05, 3.63) is 23.8 Å². The van der Waals surface area contributed by atoms with Crippen LogP contribution in [0.2, 0.25) is 0 Å². The van der Waals surface area contributed by atoms with Crippen LogP contribution in [0, 0.1) is 5.92 Å². The summed E-state index contributed by atoms with van der Waals surface area (Å²) in [5.41, 5.74) is 0.608. The van der Waals surface area contributed by atoms with Crippen LogP contribution in [0.5, 0.6) is 5.75 Å². The SMILES string of the molecule is CC(C)COC(=O)Nc1cc(CC(=O)O)ccc1O. The highest BCUT2D eigenvalue weighted by Crippen LogP contribution is 2.24. The number of aromatic hydroxyl groups is 1. The molecule has 0 unspecified atom stereocenters. The number of phenolic OH excluding ortho intramolecular Hbond substituents is 1. The number of carbonyl (C=O) groups excluding carboxylic acids is 1. The molecule has 104 valence electrons. The first-order chi connectivity index (χ1) is 8.88. The summed E-state index contributed by atoms with van der Waals surface area (Å²) in [7, 11) is 0. The zero-order chi connectivity index (χ0) is 14.4. The van der Waals surface area contributed by atoms with E-state index in [-0.39, 0.29) is 30.4 Å². The van der Waals surface area contributed by atoms with Crippen molar-refractivity contribution in [1.82, 2.24) is 0 Å². The number of nitrogens with one attached hydrogen (secondary N) is 1. The second-order valence-electron chi connectivity index (χ2n) is 4.54. The number of benzene rings is 1. The number of ether oxygens (including phenoxy) is 1. The molecule has 1 rings (SSSR count). The maximum absolute atomic E-state index is 11.4. The zero-order valence-electron chi connectivity index (χ0n) is 10.8. The van der Waals surface area contributed by atoms with Gasteiger partial charge in [-0.15, -0.1) is 0 Å². The van der Waals surface area contributed by atoms with Crippen LogP contribution in [0.3, 0.4) is 0 Å². The van der Waals surface area contributed by atoms with Gasteiger partial charge in [0.15, 0.2) is 0 Å². The molecule has 0 saturated heterocycles. The molecule has 0 atom stereocenters. The summed E-state index contributed by atoms with van der Waals surface area (Å²) in [6.07, 6.45) is -0.868. The van der Waals surface area contributed by atoms with E-state index < -0.39 is 12.1 Å². The lowest BCUT2D eigenvalue weighted by atomic mass is 10.1. The first-order valence-electron chi connectivity index (χ1n) is 5.86. The normalized spacial score (nSPS) is 10.3. The average Bonchev–Trinajstić information content (AvgIpc) is 2.30. The van der Waals surface area contributed by atoms with Gasteiger partial charge in [0.05, 0.1) is 18.7 Å². The summed E-state index contributed by atoms with van der Waals surface area (Å²) < 4.78 is 4.91. The number of amides is 1. The first-order valence-corrected chi connectivity index (χ1v) is 5.86. The van der Waals surface area contributed by atoms with Crippen LogP contribution in [0.1, 0.15) is 19.4 Å². The second-order valence-corrected chi connectivity index (χ2v) is 4.54. The number of anilines is 1. The van der Waals surface area contributed by atoms with Gasteiger partial charge in [0.1, 0.15) is 5.75 Å². The van der Waals surface area contributed by atoms with Gasteiger partial charge < -0.3 is 14.9 Å². The van der Waals surface area contributed by atoms with Gasteiger partial charge in [-0.3, -0.25) is 10.1 Å². The van der Waals surface area contributed by atoms with E-state index in [1.54, 1.807) is 0 Å². The van der Waals surface area contributed by atoms with Crippen molar-refractivity contribution in [2.45, 2.75) is 20.3 Å². The molecule has 0 radical (unpaired) electrons. The molecule has 6 nitrogen and oxygen atoms in total. The fourth-order valence-corrected chi connectivity index (χ4v) is 1.36. The van der Waals surface area contributed by atoms with Crippen molar-refractivity contribution >= 4 is 17.7 Å². The molecule has 0 fully saturated rings. The molecule has 0 aliphatic carbocycles. The molecule has 0 bridgehead atoms. The second kappa shape index (κ2) is 6.63. The van der Waals surface area contributed by atoms with Crippen LogP contribution in [-0.2, 0) is 16.0 Å². The van der Waals surface area contributed by atoms with Crippen molar-refractivity contribution in [3.8, 4) is 5.75 Å². The van der Waals surface area contributed by atoms with E-state index in [4.69, 9.17) is 9.84 Å². The van der Waals surface area contributed by atoms with Crippen molar-refractivity contribution in [3.63, 3.8) is 0 Å². The highest BCUT2D eigenvalue weighted by atomic mass is 16.5. The van der Waals surface area contributed by atoms with E-state index in [9.17, 15) is 14.7 Å². The predicted octanol–water partition coefficient (Wildman–Crippen LogP) is 2.22. The molecule has 3 N–H and O–H groups in total. The molecule has 1 amide bonds. The Morgan fingerprint density at radius 3 is 2.63 bits per heavy atom. The largest absolute Gasteiger partial charge is 0.506 e. The Hall–Kier alpha value is -2.24. The van der Waals surface area contributed by atoms with Crippen molar-refractivity contribution in [1.29, 1.82) is 0 Å². The fourth-order valence-electron chi connectivity index (χ4n) is 1.36. The minimum Gasteiger partial charge on any atom is -0.506 e. The molecule has 1 aromatic carbocycles. The van der Waals surface area contributed by atoms with E-state index in [2.05, 4.69) is 5.32 Å². The smallest absolute Gasteiger partial charge is 0.411 e. The highest BCUT2D eigenvalue weighted by molar-refractivity contribution is 5.87. The van der Waals surface area contributed by atoms with Crippen LogP contribution in [0.25, 0.3) is 0 Å². The number of carbonyl (C=O) groups is 2. The van der Waals surface area contributed by atoms with Gasteiger partial charge in [0, 0.05) is 0 Å². The molecular weight excluding hydrogens is 250 g/mol. The minimum absolute atomic E-state index is 0.132. The number of hydrogen-bond acceptors (Lipinski definition) is 4. The molecule has 0 aromatic heterocycles. The average molecular weight is 267 g/mol. The lowest BCUT2D eigenvalue weighted by Gasteiger charge is -2.10. The van der Waals surface area contributed by atoms with Crippen molar-refractivity contribution < 1.29 is 24.5 Å². The number of hydrogen-bond donors (Lipinski definition) is 3. The molecule has 6 heteroatoms. The Balaban J connectivity index is 2.71. The molecule has 0 aliphatic rings. The topological polar surface area (TPSA) is 95.9 Å². The third kappa shape index (κ3) is 5.29. The summed E-state index contributed by atoms with van der Waals surface area (Å²) >= 11 is 0. The Morgan fingerprint density at radius 2 is 2.05 bits per heavy atom. The van der Waals surface area contributed by atoms with Gasteiger partial charge in [0.25, 0.3) is 0 Å². The van der Waals surface area contributed by atoms with E-state index in [1.807, 2.05) is 13.8 Å². The molecular formula is C13H17NO5. The van der Waals surface area contributed by atoms with Crippen LogP contribution < -0.4 is 5.32 Å². The quantitative estimate of drug-likeness (QED) is 0.711. The summed E-state index contributed by atoms with van der Waals surface area (Å²) in [5, 5.41) is 20.6. The summed E-state index contributed by atoms with van der Waals surface area (Å²) in [5.74, 6) is -0.924. The van der Waals surface area contributed by atoms with Gasteiger partial charge in [-0.25, -0.2) is 4.79 Å². The first kappa shape index (κ1) is 14.8. The molecule has 0 heterocycles. The molecule has 0 spiro atoms. The third-order valence-electron chi connectivity index (χ3n) is 2.20. The number of rotatable bonds is 5. The van der Waals surface area contributed by atoms with Gasteiger partial charge >= 0.3 is 12.1 Å². The lowest BCUT2D eigenvalue weighted by Crippen LogP contribution is -2.16. The Labute approximate surface area is 111 Å². The Kier molecular flexibility index (Phi) is 5.17. The number of aliphatic carboxylic acids is 1. The maximum Gasteiger partial charge on any atom is 0.411 e. The van der Waals surface area contributed by atoms with Gasteiger partial charge in [-0.2, -0.15) is 0 Å². The van der Waals surface area contributed by atoms with E-state index >= 15 is 0 Å². The summed E-state index contributed by atoms with van der Waals surface area (Å²) in [6.45, 7) is 4.07. The standard InChI is InChI=1S/C13H17NO5/c1-8(2)7-19-13(18)14-10-5-9(6-12(16)17)3-4-11(10)15/h3-5,8,15H,6-7H2,1-2H3,(H,14,18)(H,16,17). The summed E-state index contributed by atoms with van der Waals surface area (Å²) in [6, 6.07) is 4.21. The molecule has 0 aliphatic heterocycles. The van der Waals surface area contributed by atoms with Crippen LogP contribution in [0.4, 0.5) is 10.5 Å². The lowest BCUT2D eigenvalue weighted by molar-refractivity contribution is -0.136. The Bertz CT molecular complexity index is 470. The summed E-state index contributed by atoms with van der Waals surface area (Å²) in [4.78, 5) is 22.0. The van der Waals surface area contributed by atoms with E-state index in [1.165, 1.54) is 18.2 Å². The third-order valence-corrected chi connectivity index (χ3v) is 2.20. The van der Waals surface area contributed by atoms with Gasteiger partial charge in [-0.05, 0) is 23.6 Å². The van der Waals surface area contributed by atoms with Gasteiger partial charge in [-0.1, -0.05) is 19.9 Å². The minimum atomic E-state index is -0.987. The van der Waals surface area contributed by atoms with Crippen LogP contribution in [0.15, 0.2) is 18.2 Å². The maximum atomic E-state index is 11.4. The monoisotopic (exact) mass is 267 g/mol. The Morgan fingerprint density at radius 1 is 1.37 bits per heavy atom.